The fourth-order valence-electron chi connectivity index (χ4n) is 3.27. The Morgan fingerprint density at radius 3 is 2.48 bits per heavy atom. The first-order chi connectivity index (χ1) is 14.6. The predicted molar refractivity (Wildman–Crippen MR) is 111 cm³/mol. The van der Waals surface area contributed by atoms with Gasteiger partial charge in [0.05, 0.1) is 28.4 Å². The topological polar surface area (TPSA) is 78.5 Å². The summed E-state index contributed by atoms with van der Waals surface area (Å²) in [7, 11) is -3.93. The van der Waals surface area contributed by atoms with E-state index in [1.807, 2.05) is 4.90 Å². The van der Waals surface area contributed by atoms with Crippen molar-refractivity contribution in [3.8, 4) is 12.3 Å². The normalized spacial score (nSPS) is 14.3. The van der Waals surface area contributed by atoms with Crippen molar-refractivity contribution in [1.82, 2.24) is 4.72 Å². The molecule has 1 aliphatic rings. The van der Waals surface area contributed by atoms with Crippen LogP contribution < -0.4 is 14.9 Å². The van der Waals surface area contributed by atoms with Crippen molar-refractivity contribution >= 4 is 27.3 Å². The van der Waals surface area contributed by atoms with Crippen molar-refractivity contribution in [3.63, 3.8) is 0 Å². The summed E-state index contributed by atoms with van der Waals surface area (Å²) in [6, 6.07) is 8.38. The molecule has 3 rings (SSSR count). The highest BCUT2D eigenvalue weighted by Gasteiger charge is 2.32. The van der Waals surface area contributed by atoms with Crippen molar-refractivity contribution in [3.05, 3.63) is 53.6 Å². The molecular formula is C21H20F3N3O3S. The number of nitrogens with one attached hydrogen (secondary N) is 2. The molecule has 1 aliphatic heterocycles. The Hall–Kier alpha value is -3.03. The molecule has 1 fully saturated rings. The Labute approximate surface area is 178 Å². The van der Waals surface area contributed by atoms with Crippen molar-refractivity contribution in [2.75, 3.05) is 29.9 Å². The van der Waals surface area contributed by atoms with E-state index in [4.69, 9.17) is 6.42 Å². The highest BCUT2D eigenvalue weighted by molar-refractivity contribution is 7.89. The van der Waals surface area contributed by atoms with E-state index in [-0.39, 0.29) is 22.7 Å². The van der Waals surface area contributed by atoms with Gasteiger partial charge in [0, 0.05) is 18.7 Å². The van der Waals surface area contributed by atoms with Crippen LogP contribution in [0.3, 0.4) is 0 Å². The minimum Gasteiger partial charge on any atom is -0.370 e. The van der Waals surface area contributed by atoms with Crippen LogP contribution in [0.5, 0.6) is 0 Å². The van der Waals surface area contributed by atoms with E-state index in [1.54, 1.807) is 0 Å². The van der Waals surface area contributed by atoms with Gasteiger partial charge in [0.2, 0.25) is 10.0 Å². The number of hydrogen-bond donors (Lipinski definition) is 2. The first-order valence-electron chi connectivity index (χ1n) is 9.42. The molecule has 0 unspecified atom stereocenters. The van der Waals surface area contributed by atoms with E-state index < -0.39 is 27.7 Å². The summed E-state index contributed by atoms with van der Waals surface area (Å²) in [5, 5.41) is 2.51. The maximum Gasteiger partial charge on any atom is 0.416 e. The van der Waals surface area contributed by atoms with Gasteiger partial charge in [-0.15, -0.1) is 6.42 Å². The first-order valence-corrected chi connectivity index (χ1v) is 10.9. The maximum absolute atomic E-state index is 13.2. The number of halogens is 3. The number of carbonyl (C=O) groups excluding carboxylic acids is 1. The lowest BCUT2D eigenvalue weighted by Crippen LogP contribution is -2.24. The van der Waals surface area contributed by atoms with Crippen molar-refractivity contribution < 1.29 is 26.4 Å². The fraction of sp³-hybridized carbons (Fsp3) is 0.286. The van der Waals surface area contributed by atoms with Crippen LogP contribution in [0.25, 0.3) is 0 Å². The lowest BCUT2D eigenvalue weighted by atomic mass is 10.1. The molecule has 0 radical (unpaired) electrons. The molecule has 1 heterocycles. The van der Waals surface area contributed by atoms with Crippen LogP contribution in [-0.4, -0.2) is 34.0 Å². The fourth-order valence-corrected chi connectivity index (χ4v) is 4.25. The number of benzene rings is 2. The molecule has 1 saturated heterocycles. The number of rotatable bonds is 6. The van der Waals surface area contributed by atoms with Crippen LogP contribution in [0.1, 0.15) is 28.8 Å². The van der Waals surface area contributed by atoms with Crippen molar-refractivity contribution in [1.29, 1.82) is 0 Å². The molecule has 0 aliphatic carbocycles. The van der Waals surface area contributed by atoms with E-state index in [0.717, 1.165) is 31.0 Å². The summed E-state index contributed by atoms with van der Waals surface area (Å²) in [5.74, 6) is 1.42. The summed E-state index contributed by atoms with van der Waals surface area (Å²) < 4.78 is 66.3. The van der Waals surface area contributed by atoms with Crippen LogP contribution in [0, 0.1) is 12.3 Å². The minimum atomic E-state index is -4.57. The second kappa shape index (κ2) is 8.99. The van der Waals surface area contributed by atoms with Gasteiger partial charge in [0.1, 0.15) is 0 Å². The van der Waals surface area contributed by atoms with Gasteiger partial charge in [-0.1, -0.05) is 12.0 Å². The van der Waals surface area contributed by atoms with Crippen LogP contribution in [0.4, 0.5) is 24.5 Å². The van der Waals surface area contributed by atoms with Gasteiger partial charge in [0.15, 0.2) is 0 Å². The minimum absolute atomic E-state index is 0.0143. The number of sulfonamides is 1. The maximum atomic E-state index is 13.2. The third-order valence-electron chi connectivity index (χ3n) is 4.79. The van der Waals surface area contributed by atoms with E-state index in [9.17, 15) is 26.4 Å². The number of hydrogen-bond acceptors (Lipinski definition) is 4. The average molecular weight is 451 g/mol. The zero-order chi connectivity index (χ0) is 22.6. The Balaban J connectivity index is 1.92. The summed E-state index contributed by atoms with van der Waals surface area (Å²) in [6.45, 7) is 1.12. The largest absolute Gasteiger partial charge is 0.416 e. The van der Waals surface area contributed by atoms with E-state index >= 15 is 0 Å². The lowest BCUT2D eigenvalue weighted by molar-refractivity contribution is -0.137. The van der Waals surface area contributed by atoms with Crippen LogP contribution in [0.15, 0.2) is 47.4 Å². The molecular weight excluding hydrogens is 431 g/mol. The Bertz CT molecular complexity index is 1120. The van der Waals surface area contributed by atoms with E-state index in [2.05, 4.69) is 16.0 Å². The SMILES string of the molecule is C#CCNS(=O)(=O)c1cccc(C(=O)Nc2cc(C(F)(F)F)ccc2N2CCCC2)c1. The number of amides is 1. The highest BCUT2D eigenvalue weighted by atomic mass is 32.2. The Kier molecular flexibility index (Phi) is 6.57. The second-order valence-corrected chi connectivity index (χ2v) is 8.70. The highest BCUT2D eigenvalue weighted by Crippen LogP contribution is 2.36. The smallest absolute Gasteiger partial charge is 0.370 e. The summed E-state index contributed by atoms with van der Waals surface area (Å²) >= 11 is 0. The quantitative estimate of drug-likeness (QED) is 0.660. The zero-order valence-electron chi connectivity index (χ0n) is 16.4. The molecule has 6 nitrogen and oxygen atoms in total. The molecule has 2 N–H and O–H groups in total. The Morgan fingerprint density at radius 2 is 1.84 bits per heavy atom. The zero-order valence-corrected chi connectivity index (χ0v) is 17.2. The standard InChI is InChI=1S/C21H20F3N3O3S/c1-2-10-25-31(29,30)17-7-5-6-15(13-17)20(28)26-18-14-16(21(22,23)24)8-9-19(18)27-11-3-4-12-27/h1,5-9,13-14,25H,3-4,10-12H2,(H,26,28). The molecule has 164 valence electrons. The second-order valence-electron chi connectivity index (χ2n) is 6.93. The number of carbonyl (C=O) groups is 1. The molecule has 0 aromatic heterocycles. The third kappa shape index (κ3) is 5.37. The number of anilines is 2. The van der Waals surface area contributed by atoms with Gasteiger partial charge < -0.3 is 10.2 Å². The summed E-state index contributed by atoms with van der Waals surface area (Å²) in [4.78, 5) is 14.5. The van der Waals surface area contributed by atoms with Gasteiger partial charge in [-0.05, 0) is 49.2 Å². The molecule has 0 saturated carbocycles. The summed E-state index contributed by atoms with van der Waals surface area (Å²) in [5.41, 5.74) is -0.410. The van der Waals surface area contributed by atoms with Gasteiger partial charge in [-0.3, -0.25) is 4.79 Å². The van der Waals surface area contributed by atoms with Crippen LogP contribution in [0.2, 0.25) is 0 Å². The van der Waals surface area contributed by atoms with Gasteiger partial charge >= 0.3 is 6.18 Å². The molecule has 2 aromatic carbocycles. The van der Waals surface area contributed by atoms with Crippen LogP contribution in [-0.2, 0) is 16.2 Å². The van der Waals surface area contributed by atoms with Gasteiger partial charge in [-0.2, -0.15) is 17.9 Å². The molecule has 0 atom stereocenters. The molecule has 0 bridgehead atoms. The number of nitrogens with zero attached hydrogens (tertiary/aromatic N) is 1. The lowest BCUT2D eigenvalue weighted by Gasteiger charge is -2.23. The molecule has 0 spiro atoms. The predicted octanol–water partition coefficient (Wildman–Crippen LogP) is 3.47. The molecule has 31 heavy (non-hydrogen) atoms. The van der Waals surface area contributed by atoms with E-state index in [0.29, 0.717) is 18.8 Å². The van der Waals surface area contributed by atoms with Crippen molar-refractivity contribution in [2.24, 2.45) is 0 Å². The van der Waals surface area contributed by atoms with Crippen molar-refractivity contribution in [2.45, 2.75) is 23.9 Å². The van der Waals surface area contributed by atoms with Gasteiger partial charge in [-0.25, -0.2) is 8.42 Å². The average Bonchev–Trinajstić information content (AvgIpc) is 3.26. The first kappa shape index (κ1) is 22.7. The monoisotopic (exact) mass is 451 g/mol. The van der Waals surface area contributed by atoms with Crippen LogP contribution >= 0.6 is 0 Å². The summed E-state index contributed by atoms with van der Waals surface area (Å²) in [6.07, 6.45) is 2.30. The molecule has 1 amide bonds. The number of terminal acetylenes is 1. The number of alkyl halides is 3. The van der Waals surface area contributed by atoms with E-state index in [1.165, 1.54) is 24.3 Å². The third-order valence-corrected chi connectivity index (χ3v) is 6.19. The molecule has 10 heteroatoms. The van der Waals surface area contributed by atoms with Gasteiger partial charge in [0.25, 0.3) is 5.91 Å². The molecule has 2 aromatic rings. The Morgan fingerprint density at radius 1 is 1.13 bits per heavy atom.